The van der Waals surface area contributed by atoms with Crippen LogP contribution in [0.15, 0.2) is 0 Å². The topological polar surface area (TPSA) is 43.8 Å². The number of rotatable bonds is 6. The summed E-state index contributed by atoms with van der Waals surface area (Å²) in [4.78, 5) is 0. The lowest BCUT2D eigenvalue weighted by Gasteiger charge is -2.08. The Morgan fingerprint density at radius 3 is 2.39 bits per heavy atom. The van der Waals surface area contributed by atoms with Gasteiger partial charge in [-0.05, 0) is 24.6 Å². The molecular weight excluding hydrogens is 263 g/mol. The zero-order valence-electron chi connectivity index (χ0n) is 10.5. The number of aryl methyl sites for hydroxylation is 2. The normalized spacial score (nSPS) is 12.1. The number of aromatic nitrogens is 2. The van der Waals surface area contributed by atoms with E-state index in [0.29, 0.717) is 6.54 Å². The minimum atomic E-state index is -4.18. The third-order valence-corrected chi connectivity index (χ3v) is 3.41. The fourth-order valence-electron chi connectivity index (χ4n) is 1.94. The molecule has 0 aliphatic heterocycles. The van der Waals surface area contributed by atoms with Crippen LogP contribution in [0.3, 0.4) is 0 Å². The van der Waals surface area contributed by atoms with Crippen molar-refractivity contribution in [2.45, 2.75) is 45.3 Å². The molecule has 7 heteroatoms. The number of thioether (sulfide) groups is 1. The van der Waals surface area contributed by atoms with E-state index >= 15 is 0 Å². The number of nitrogens with two attached hydrogens (primary N) is 1. The Labute approximate surface area is 109 Å². The van der Waals surface area contributed by atoms with Gasteiger partial charge in [-0.1, -0.05) is 13.8 Å². The van der Waals surface area contributed by atoms with E-state index < -0.39 is 5.51 Å². The smallest absolute Gasteiger partial charge is 0.326 e. The van der Waals surface area contributed by atoms with Gasteiger partial charge in [-0.3, -0.25) is 4.68 Å². The van der Waals surface area contributed by atoms with Crippen LogP contribution in [0.5, 0.6) is 0 Å². The molecule has 0 unspecified atom stereocenters. The van der Waals surface area contributed by atoms with Gasteiger partial charge in [0.25, 0.3) is 0 Å². The van der Waals surface area contributed by atoms with Gasteiger partial charge in [0.1, 0.15) is 0 Å². The number of alkyl halides is 3. The van der Waals surface area contributed by atoms with Crippen LogP contribution in [0.2, 0.25) is 0 Å². The molecule has 0 radical (unpaired) electrons. The summed E-state index contributed by atoms with van der Waals surface area (Å²) in [5.74, 6) is -0.0225. The Morgan fingerprint density at radius 1 is 1.28 bits per heavy atom. The summed E-state index contributed by atoms with van der Waals surface area (Å²) in [6.07, 6.45) is 1.48. The van der Waals surface area contributed by atoms with Crippen molar-refractivity contribution in [1.82, 2.24) is 9.78 Å². The van der Waals surface area contributed by atoms with Gasteiger partial charge >= 0.3 is 5.51 Å². The van der Waals surface area contributed by atoms with Gasteiger partial charge in [-0.25, -0.2) is 0 Å². The summed E-state index contributed by atoms with van der Waals surface area (Å²) in [5, 5.41) is 4.35. The summed E-state index contributed by atoms with van der Waals surface area (Å²) in [6, 6.07) is 0. The Morgan fingerprint density at radius 2 is 1.94 bits per heavy atom. The first-order valence-corrected chi connectivity index (χ1v) is 6.89. The molecule has 1 rings (SSSR count). The lowest BCUT2D eigenvalue weighted by atomic mass is 10.1. The van der Waals surface area contributed by atoms with Crippen LogP contribution < -0.4 is 5.73 Å². The van der Waals surface area contributed by atoms with Crippen LogP contribution in [0.4, 0.5) is 13.2 Å². The van der Waals surface area contributed by atoms with Crippen molar-refractivity contribution < 1.29 is 13.2 Å². The maximum absolute atomic E-state index is 12.1. The standard InChI is InChI=1S/C11H18F3N3S/c1-3-9-8(7-15)10(4-2)17(16-9)5-6-18-11(12,13)14/h3-7,15H2,1-2H3. The van der Waals surface area contributed by atoms with Crippen molar-refractivity contribution >= 4 is 11.8 Å². The van der Waals surface area contributed by atoms with E-state index in [1.165, 1.54) is 0 Å². The fraction of sp³-hybridized carbons (Fsp3) is 0.727. The molecule has 0 fully saturated rings. The zero-order valence-corrected chi connectivity index (χ0v) is 11.4. The highest BCUT2D eigenvalue weighted by Crippen LogP contribution is 2.30. The second-order valence-electron chi connectivity index (χ2n) is 3.80. The molecule has 0 saturated carbocycles. The van der Waals surface area contributed by atoms with Gasteiger partial charge in [0.05, 0.1) is 12.2 Å². The molecule has 0 atom stereocenters. The van der Waals surface area contributed by atoms with Crippen molar-refractivity contribution in [3.8, 4) is 0 Å². The van der Waals surface area contributed by atoms with Crippen LogP contribution >= 0.6 is 11.8 Å². The Kier molecular flexibility index (Phi) is 5.52. The Hall–Kier alpha value is -0.690. The largest absolute Gasteiger partial charge is 0.441 e. The average molecular weight is 281 g/mol. The van der Waals surface area contributed by atoms with E-state index in [-0.39, 0.29) is 24.1 Å². The molecule has 104 valence electrons. The first-order valence-electron chi connectivity index (χ1n) is 5.91. The van der Waals surface area contributed by atoms with Gasteiger partial charge in [-0.15, -0.1) is 0 Å². The molecule has 18 heavy (non-hydrogen) atoms. The van der Waals surface area contributed by atoms with Crippen LogP contribution in [0, 0.1) is 0 Å². The summed E-state index contributed by atoms with van der Waals surface area (Å²) < 4.78 is 37.9. The molecule has 2 N–H and O–H groups in total. The van der Waals surface area contributed by atoms with E-state index in [1.54, 1.807) is 4.68 Å². The van der Waals surface area contributed by atoms with E-state index in [4.69, 9.17) is 5.73 Å². The number of nitrogens with zero attached hydrogens (tertiary/aromatic N) is 2. The van der Waals surface area contributed by atoms with E-state index in [1.807, 2.05) is 13.8 Å². The summed E-state index contributed by atoms with van der Waals surface area (Å²) in [6.45, 7) is 4.58. The highest BCUT2D eigenvalue weighted by atomic mass is 32.2. The minimum Gasteiger partial charge on any atom is -0.326 e. The van der Waals surface area contributed by atoms with Crippen molar-refractivity contribution in [2.24, 2.45) is 5.73 Å². The second kappa shape index (κ2) is 6.47. The predicted octanol–water partition coefficient (Wildman–Crippen LogP) is 2.72. The third kappa shape index (κ3) is 3.91. The maximum Gasteiger partial charge on any atom is 0.441 e. The molecule has 0 amide bonds. The molecule has 3 nitrogen and oxygen atoms in total. The highest BCUT2D eigenvalue weighted by molar-refractivity contribution is 8.00. The predicted molar refractivity (Wildman–Crippen MR) is 67.4 cm³/mol. The summed E-state index contributed by atoms with van der Waals surface area (Å²) in [7, 11) is 0. The van der Waals surface area contributed by atoms with Gasteiger partial charge in [-0.2, -0.15) is 18.3 Å². The molecule has 1 aromatic heterocycles. The molecule has 0 aliphatic rings. The maximum atomic E-state index is 12.1. The van der Waals surface area contributed by atoms with E-state index in [0.717, 1.165) is 29.8 Å². The van der Waals surface area contributed by atoms with Gasteiger partial charge in [0.2, 0.25) is 0 Å². The molecule has 0 aromatic carbocycles. The van der Waals surface area contributed by atoms with Gasteiger partial charge < -0.3 is 5.73 Å². The number of hydrogen-bond donors (Lipinski definition) is 1. The first-order chi connectivity index (χ1) is 8.42. The van der Waals surface area contributed by atoms with Crippen molar-refractivity contribution in [1.29, 1.82) is 0 Å². The van der Waals surface area contributed by atoms with Crippen LogP contribution in [0.1, 0.15) is 30.8 Å². The molecule has 1 heterocycles. The summed E-state index contributed by atoms with van der Waals surface area (Å²) in [5.41, 5.74) is 4.33. The molecule has 0 bridgehead atoms. The first kappa shape index (κ1) is 15.4. The minimum absolute atomic E-state index is 0.0142. The SMILES string of the molecule is CCc1nn(CCSC(F)(F)F)c(CC)c1CN. The summed E-state index contributed by atoms with van der Waals surface area (Å²) >= 11 is -0.0142. The Balaban J connectivity index is 2.79. The molecule has 0 spiro atoms. The van der Waals surface area contributed by atoms with Crippen molar-refractivity contribution in [2.75, 3.05) is 5.75 Å². The lowest BCUT2D eigenvalue weighted by molar-refractivity contribution is -0.0328. The van der Waals surface area contributed by atoms with Crippen molar-refractivity contribution in [3.63, 3.8) is 0 Å². The van der Waals surface area contributed by atoms with E-state index in [2.05, 4.69) is 5.10 Å². The van der Waals surface area contributed by atoms with Crippen LogP contribution in [0.25, 0.3) is 0 Å². The quantitative estimate of drug-likeness (QED) is 0.872. The average Bonchev–Trinajstić information content (AvgIpc) is 2.64. The fourth-order valence-corrected chi connectivity index (χ4v) is 2.43. The lowest BCUT2D eigenvalue weighted by Crippen LogP contribution is -2.11. The number of halogens is 3. The molecular formula is C11H18F3N3S. The Bertz CT molecular complexity index is 388. The zero-order chi connectivity index (χ0) is 13.8. The highest BCUT2D eigenvalue weighted by Gasteiger charge is 2.27. The van der Waals surface area contributed by atoms with Gasteiger partial charge in [0.15, 0.2) is 0 Å². The monoisotopic (exact) mass is 281 g/mol. The van der Waals surface area contributed by atoms with E-state index in [9.17, 15) is 13.2 Å². The molecule has 1 aromatic rings. The molecule has 0 aliphatic carbocycles. The van der Waals surface area contributed by atoms with Crippen molar-refractivity contribution in [3.05, 3.63) is 17.0 Å². The third-order valence-electron chi connectivity index (χ3n) is 2.69. The van der Waals surface area contributed by atoms with Crippen LogP contribution in [-0.4, -0.2) is 21.0 Å². The molecule has 0 saturated heterocycles. The second-order valence-corrected chi connectivity index (χ2v) is 4.96. The number of hydrogen-bond acceptors (Lipinski definition) is 3. The van der Waals surface area contributed by atoms with Crippen LogP contribution in [-0.2, 0) is 25.9 Å². The van der Waals surface area contributed by atoms with Gasteiger partial charge in [0, 0.05) is 23.6 Å².